The van der Waals surface area contributed by atoms with Gasteiger partial charge in [-0.3, -0.25) is 4.79 Å². The highest BCUT2D eigenvalue weighted by molar-refractivity contribution is 5.74. The highest BCUT2D eigenvalue weighted by atomic mass is 16.5. The van der Waals surface area contributed by atoms with E-state index in [2.05, 4.69) is 33.4 Å². The minimum Gasteiger partial charge on any atom is -0.396 e. The maximum absolute atomic E-state index is 12.3. The molecule has 6 nitrogen and oxygen atoms in total. The second kappa shape index (κ2) is 18.2. The Labute approximate surface area is 261 Å². The van der Waals surface area contributed by atoms with Gasteiger partial charge in [-0.05, 0) is 103 Å². The predicted octanol–water partition coefficient (Wildman–Crippen LogP) is 6.94. The van der Waals surface area contributed by atoms with Crippen molar-refractivity contribution in [3.05, 3.63) is 58.7 Å². The minimum absolute atomic E-state index is 0.0174. The number of allylic oxidation sites excluding steroid dienone is 8. The van der Waals surface area contributed by atoms with E-state index < -0.39 is 17.1 Å². The Bertz CT molecular complexity index is 1010. The molecule has 2 aliphatic carbocycles. The minimum atomic E-state index is -1.14. The van der Waals surface area contributed by atoms with Crippen molar-refractivity contribution in [2.45, 2.75) is 129 Å². The Kier molecular flexibility index (Phi) is 15.8. The van der Waals surface area contributed by atoms with Crippen LogP contribution in [0, 0.1) is 17.3 Å². The van der Waals surface area contributed by atoms with Gasteiger partial charge in [0, 0.05) is 17.9 Å². The number of carbonyl (C=O) groups is 1. The van der Waals surface area contributed by atoms with Gasteiger partial charge in [0.1, 0.15) is 6.29 Å². The average Bonchev–Trinajstić information content (AvgIpc) is 3.31. The fourth-order valence-corrected chi connectivity index (χ4v) is 7.44. The normalized spacial score (nSPS) is 29.7. The summed E-state index contributed by atoms with van der Waals surface area (Å²) in [6.07, 6.45) is 17.2. The van der Waals surface area contributed by atoms with Crippen molar-refractivity contribution in [2.24, 2.45) is 17.3 Å². The maximum Gasteiger partial charge on any atom is 0.145 e. The molecule has 2 saturated carbocycles. The predicted molar refractivity (Wildman–Crippen MR) is 176 cm³/mol. The smallest absolute Gasteiger partial charge is 0.145 e. The Morgan fingerprint density at radius 2 is 1.91 bits per heavy atom. The maximum atomic E-state index is 12.3. The molecule has 1 spiro atoms. The Balaban J connectivity index is 2.45. The van der Waals surface area contributed by atoms with Gasteiger partial charge >= 0.3 is 0 Å². The molecule has 0 aromatic heterocycles. The van der Waals surface area contributed by atoms with E-state index in [1.54, 1.807) is 0 Å². The standard InChI is InChI=1S/C37H60O6/c1-7-8-9-17-31(25-40)43-26-30(16-11-15-28(4)14-10-13-27(2)3)33-20-22-37(35(33)41)34(18-12-23-38)32(29(5)24-39)19-21-36(37,6)42/h11,13,15-16,24,31,33-35,38,40-42H,4,7-10,12,14,17-23,25-26H2,1-3,5-6H3. The summed E-state index contributed by atoms with van der Waals surface area (Å²) < 4.78 is 6.26. The number of rotatable bonds is 18. The van der Waals surface area contributed by atoms with E-state index in [9.17, 15) is 25.2 Å². The van der Waals surface area contributed by atoms with E-state index in [1.165, 1.54) is 5.57 Å². The van der Waals surface area contributed by atoms with Crippen LogP contribution in [0.25, 0.3) is 0 Å². The lowest BCUT2D eigenvalue weighted by Crippen LogP contribution is -2.59. The fourth-order valence-electron chi connectivity index (χ4n) is 7.44. The summed E-state index contributed by atoms with van der Waals surface area (Å²) in [7, 11) is 0. The molecule has 6 atom stereocenters. The van der Waals surface area contributed by atoms with Gasteiger partial charge in [0.05, 0.1) is 31.0 Å². The number of aliphatic hydroxyl groups excluding tert-OH is 3. The topological polar surface area (TPSA) is 107 Å². The summed E-state index contributed by atoms with van der Waals surface area (Å²) >= 11 is 0. The van der Waals surface area contributed by atoms with Crippen LogP contribution >= 0.6 is 0 Å². The van der Waals surface area contributed by atoms with Crippen molar-refractivity contribution < 1.29 is 30.0 Å². The van der Waals surface area contributed by atoms with Gasteiger partial charge < -0.3 is 25.2 Å². The zero-order valence-corrected chi connectivity index (χ0v) is 27.6. The lowest BCUT2D eigenvalue weighted by atomic mass is 9.52. The lowest BCUT2D eigenvalue weighted by Gasteiger charge is -2.55. The molecular weight excluding hydrogens is 540 g/mol. The van der Waals surface area contributed by atoms with E-state index in [1.807, 2.05) is 32.1 Å². The molecule has 0 bridgehead atoms. The molecule has 0 heterocycles. The third-order valence-corrected chi connectivity index (χ3v) is 9.99. The van der Waals surface area contributed by atoms with E-state index in [-0.39, 0.29) is 37.8 Å². The van der Waals surface area contributed by atoms with Gasteiger partial charge in [0.25, 0.3) is 0 Å². The SMILES string of the molecule is C=C(C=CC=C(COC(CO)CCCCC)C1CCC2(C(CCCO)C(=C(C)C=O)CCC2(C)O)C1O)CCC=C(C)C. The summed E-state index contributed by atoms with van der Waals surface area (Å²) in [4.78, 5) is 11.9. The molecule has 6 heteroatoms. The number of hydrogen-bond acceptors (Lipinski definition) is 6. The highest BCUT2D eigenvalue weighted by Crippen LogP contribution is 2.63. The Morgan fingerprint density at radius 1 is 1.16 bits per heavy atom. The molecule has 0 aliphatic heterocycles. The van der Waals surface area contributed by atoms with Crippen molar-refractivity contribution in [3.8, 4) is 0 Å². The zero-order valence-electron chi connectivity index (χ0n) is 27.6. The van der Waals surface area contributed by atoms with E-state index in [0.717, 1.165) is 61.5 Å². The first-order valence-corrected chi connectivity index (χ1v) is 16.6. The molecule has 0 saturated heterocycles. The quantitative estimate of drug-likeness (QED) is 0.0447. The highest BCUT2D eigenvalue weighted by Gasteiger charge is 2.64. The Morgan fingerprint density at radius 3 is 2.53 bits per heavy atom. The van der Waals surface area contributed by atoms with Gasteiger partial charge in [-0.1, -0.05) is 73.8 Å². The molecule has 0 aromatic carbocycles. The van der Waals surface area contributed by atoms with Gasteiger partial charge in [0.2, 0.25) is 0 Å². The van der Waals surface area contributed by atoms with Crippen LogP contribution in [-0.2, 0) is 9.53 Å². The molecule has 6 unspecified atom stereocenters. The molecule has 0 aromatic rings. The van der Waals surface area contributed by atoms with Crippen molar-refractivity contribution in [3.63, 3.8) is 0 Å². The molecule has 43 heavy (non-hydrogen) atoms. The number of ether oxygens (including phenoxy) is 1. The number of aldehydes is 1. The van der Waals surface area contributed by atoms with Crippen LogP contribution in [0.1, 0.15) is 112 Å². The molecule has 0 radical (unpaired) electrons. The van der Waals surface area contributed by atoms with Gasteiger partial charge in [-0.15, -0.1) is 0 Å². The zero-order chi connectivity index (χ0) is 32.0. The average molecular weight is 601 g/mol. The molecule has 244 valence electrons. The first-order valence-electron chi connectivity index (χ1n) is 16.6. The number of unbranched alkanes of at least 4 members (excludes halogenated alkanes) is 2. The second-order valence-electron chi connectivity index (χ2n) is 13.3. The fraction of sp³-hybridized carbons (Fsp3) is 0.703. The molecule has 0 amide bonds. The number of carbonyl (C=O) groups excluding carboxylic acids is 1. The van der Waals surface area contributed by atoms with Gasteiger partial charge in [-0.25, -0.2) is 0 Å². The first kappa shape index (κ1) is 37.4. The summed E-state index contributed by atoms with van der Waals surface area (Å²) in [5, 5.41) is 43.9. The molecule has 4 N–H and O–H groups in total. The molecular formula is C37H60O6. The van der Waals surface area contributed by atoms with Crippen LogP contribution in [0.15, 0.2) is 58.7 Å². The summed E-state index contributed by atoms with van der Waals surface area (Å²) in [6.45, 7) is 14.4. The van der Waals surface area contributed by atoms with Crippen LogP contribution in [0.5, 0.6) is 0 Å². The Hall–Kier alpha value is -1.83. The second-order valence-corrected chi connectivity index (χ2v) is 13.3. The van der Waals surface area contributed by atoms with Crippen molar-refractivity contribution >= 4 is 6.29 Å². The van der Waals surface area contributed by atoms with Crippen LogP contribution in [-0.4, -0.2) is 64.3 Å². The van der Waals surface area contributed by atoms with Crippen molar-refractivity contribution in [2.75, 3.05) is 19.8 Å². The van der Waals surface area contributed by atoms with Crippen LogP contribution in [0.2, 0.25) is 0 Å². The third-order valence-electron chi connectivity index (χ3n) is 9.99. The number of hydrogen-bond donors (Lipinski definition) is 4. The summed E-state index contributed by atoms with van der Waals surface area (Å²) in [5.74, 6) is -0.460. The largest absolute Gasteiger partial charge is 0.396 e. The lowest BCUT2D eigenvalue weighted by molar-refractivity contribution is -0.168. The monoisotopic (exact) mass is 600 g/mol. The van der Waals surface area contributed by atoms with E-state index >= 15 is 0 Å². The molecule has 2 rings (SSSR count). The number of aliphatic hydroxyl groups is 4. The van der Waals surface area contributed by atoms with Crippen LogP contribution in [0.4, 0.5) is 0 Å². The van der Waals surface area contributed by atoms with E-state index in [0.29, 0.717) is 44.1 Å². The van der Waals surface area contributed by atoms with Crippen LogP contribution < -0.4 is 0 Å². The summed E-state index contributed by atoms with van der Waals surface area (Å²) in [6, 6.07) is 0. The van der Waals surface area contributed by atoms with E-state index in [4.69, 9.17) is 4.74 Å². The summed E-state index contributed by atoms with van der Waals surface area (Å²) in [5.41, 5.74) is 2.92. The van der Waals surface area contributed by atoms with Gasteiger partial charge in [-0.2, -0.15) is 0 Å². The third kappa shape index (κ3) is 9.83. The first-order chi connectivity index (χ1) is 20.5. The van der Waals surface area contributed by atoms with Crippen molar-refractivity contribution in [1.82, 2.24) is 0 Å². The van der Waals surface area contributed by atoms with Crippen molar-refractivity contribution in [1.29, 1.82) is 0 Å². The van der Waals surface area contributed by atoms with Gasteiger partial charge in [0.15, 0.2) is 0 Å². The van der Waals surface area contributed by atoms with Crippen LogP contribution in [0.3, 0.4) is 0 Å². The molecule has 2 aliphatic rings. The molecule has 2 fully saturated rings.